The molecular formula is C18H19NO3. The quantitative estimate of drug-likeness (QED) is 0.876. The average molecular weight is 297 g/mol. The van der Waals surface area contributed by atoms with Gasteiger partial charge in [-0.2, -0.15) is 0 Å². The second kappa shape index (κ2) is 6.18. The van der Waals surface area contributed by atoms with Crippen LogP contribution in [-0.2, 0) is 16.0 Å². The van der Waals surface area contributed by atoms with Gasteiger partial charge in [0.15, 0.2) is 5.78 Å². The van der Waals surface area contributed by atoms with E-state index in [2.05, 4.69) is 11.1 Å². The Morgan fingerprint density at radius 2 is 2.23 bits per heavy atom. The van der Waals surface area contributed by atoms with Gasteiger partial charge in [-0.05, 0) is 43.0 Å². The molecule has 0 amide bonds. The average Bonchev–Trinajstić information content (AvgIpc) is 2.87. The van der Waals surface area contributed by atoms with Crippen molar-refractivity contribution < 1.29 is 14.3 Å². The zero-order valence-corrected chi connectivity index (χ0v) is 12.6. The molecule has 22 heavy (non-hydrogen) atoms. The number of carbonyl (C=O) groups is 2. The van der Waals surface area contributed by atoms with E-state index < -0.39 is 0 Å². The summed E-state index contributed by atoms with van der Waals surface area (Å²) >= 11 is 0. The van der Waals surface area contributed by atoms with E-state index in [1.807, 2.05) is 24.3 Å². The molecule has 1 aromatic carbocycles. The number of aryl methyl sites for hydroxylation is 1. The Bertz CT molecular complexity index is 755. The van der Waals surface area contributed by atoms with E-state index >= 15 is 0 Å². The molecule has 0 unspecified atom stereocenters. The Morgan fingerprint density at radius 1 is 1.36 bits per heavy atom. The van der Waals surface area contributed by atoms with Crippen molar-refractivity contribution in [3.8, 4) is 0 Å². The zero-order valence-electron chi connectivity index (χ0n) is 12.6. The van der Waals surface area contributed by atoms with Crippen LogP contribution >= 0.6 is 0 Å². The van der Waals surface area contributed by atoms with Gasteiger partial charge in [-0.3, -0.25) is 9.59 Å². The molecule has 0 fully saturated rings. The number of esters is 1. The third kappa shape index (κ3) is 2.82. The van der Waals surface area contributed by atoms with E-state index in [1.54, 1.807) is 6.92 Å². The van der Waals surface area contributed by atoms with Crippen LogP contribution in [0.1, 0.15) is 47.8 Å². The first-order valence-electron chi connectivity index (χ1n) is 7.69. The maximum atomic E-state index is 12.0. The van der Waals surface area contributed by atoms with Gasteiger partial charge in [-0.25, -0.2) is 0 Å². The predicted octanol–water partition coefficient (Wildman–Crippen LogP) is 3.65. The van der Waals surface area contributed by atoms with Crippen LogP contribution in [0.3, 0.4) is 0 Å². The number of nitrogens with one attached hydrogen (secondary N) is 1. The van der Waals surface area contributed by atoms with Crippen molar-refractivity contribution in [2.75, 3.05) is 6.61 Å². The number of ketones is 1. The summed E-state index contributed by atoms with van der Waals surface area (Å²) in [6.45, 7) is 2.20. The van der Waals surface area contributed by atoms with Gasteiger partial charge in [0.05, 0.1) is 18.7 Å². The number of aromatic amines is 1. The highest BCUT2D eigenvalue weighted by Gasteiger charge is 2.21. The standard InChI is InChI=1S/C18H19NO3/c1-2-22-17(21)8-3-5-12-9-10-15-14(11-12)13-6-4-7-16(20)18(13)19-15/h3,5,9-11,19H,2,4,6-8H2,1H3. The second-order valence-electron chi connectivity index (χ2n) is 5.47. The van der Waals surface area contributed by atoms with E-state index in [9.17, 15) is 9.59 Å². The van der Waals surface area contributed by atoms with Crippen LogP contribution in [0.25, 0.3) is 17.0 Å². The number of H-pyrrole nitrogens is 1. The highest BCUT2D eigenvalue weighted by Crippen LogP contribution is 2.30. The van der Waals surface area contributed by atoms with E-state index in [0.717, 1.165) is 40.6 Å². The lowest BCUT2D eigenvalue weighted by Crippen LogP contribution is -2.09. The number of hydrogen-bond donors (Lipinski definition) is 1. The smallest absolute Gasteiger partial charge is 0.309 e. The minimum absolute atomic E-state index is 0.205. The minimum Gasteiger partial charge on any atom is -0.466 e. The molecule has 4 nitrogen and oxygen atoms in total. The molecule has 4 heteroatoms. The Labute approximate surface area is 129 Å². The first-order chi connectivity index (χ1) is 10.7. The number of carbonyl (C=O) groups excluding carboxylic acids is 2. The number of rotatable bonds is 4. The van der Waals surface area contributed by atoms with E-state index in [4.69, 9.17) is 4.74 Å². The van der Waals surface area contributed by atoms with Crippen LogP contribution in [0.2, 0.25) is 0 Å². The van der Waals surface area contributed by atoms with Crippen LogP contribution in [-0.4, -0.2) is 23.3 Å². The molecule has 1 aliphatic carbocycles. The topological polar surface area (TPSA) is 59.2 Å². The molecule has 114 valence electrons. The molecular weight excluding hydrogens is 278 g/mol. The Balaban J connectivity index is 1.85. The summed E-state index contributed by atoms with van der Waals surface area (Å²) in [4.78, 5) is 26.5. The molecule has 1 N–H and O–H groups in total. The second-order valence-corrected chi connectivity index (χ2v) is 5.47. The van der Waals surface area contributed by atoms with Crippen molar-refractivity contribution in [3.63, 3.8) is 0 Å². The maximum absolute atomic E-state index is 12.0. The maximum Gasteiger partial charge on any atom is 0.309 e. The van der Waals surface area contributed by atoms with Crippen LogP contribution < -0.4 is 0 Å². The zero-order chi connectivity index (χ0) is 15.5. The third-order valence-electron chi connectivity index (χ3n) is 3.94. The molecule has 0 spiro atoms. The Kier molecular flexibility index (Phi) is 4.09. The van der Waals surface area contributed by atoms with Crippen molar-refractivity contribution in [1.82, 2.24) is 4.98 Å². The monoisotopic (exact) mass is 297 g/mol. The van der Waals surface area contributed by atoms with Crippen molar-refractivity contribution in [3.05, 3.63) is 41.1 Å². The highest BCUT2D eigenvalue weighted by atomic mass is 16.5. The summed E-state index contributed by atoms with van der Waals surface area (Å²) in [6, 6.07) is 6.05. The van der Waals surface area contributed by atoms with Crippen molar-refractivity contribution in [2.24, 2.45) is 0 Å². The molecule has 1 heterocycles. The fourth-order valence-electron chi connectivity index (χ4n) is 2.93. The van der Waals surface area contributed by atoms with Gasteiger partial charge in [0.2, 0.25) is 0 Å². The molecule has 1 aromatic heterocycles. The lowest BCUT2D eigenvalue weighted by atomic mass is 9.94. The van der Waals surface area contributed by atoms with Gasteiger partial charge < -0.3 is 9.72 Å². The third-order valence-corrected chi connectivity index (χ3v) is 3.94. The van der Waals surface area contributed by atoms with Crippen LogP contribution in [0.15, 0.2) is 24.3 Å². The number of aromatic nitrogens is 1. The fourth-order valence-corrected chi connectivity index (χ4v) is 2.93. The van der Waals surface area contributed by atoms with Gasteiger partial charge in [-0.1, -0.05) is 18.2 Å². The molecule has 2 aromatic rings. The summed E-state index contributed by atoms with van der Waals surface area (Å²) in [5.74, 6) is -0.0127. The van der Waals surface area contributed by atoms with Gasteiger partial charge in [0.25, 0.3) is 0 Å². The summed E-state index contributed by atoms with van der Waals surface area (Å²) < 4.78 is 4.89. The van der Waals surface area contributed by atoms with Gasteiger partial charge in [0, 0.05) is 17.3 Å². The first kappa shape index (κ1) is 14.6. The van der Waals surface area contributed by atoms with E-state index in [-0.39, 0.29) is 18.2 Å². The predicted molar refractivity (Wildman–Crippen MR) is 85.9 cm³/mol. The van der Waals surface area contributed by atoms with Crippen LogP contribution in [0, 0.1) is 0 Å². The van der Waals surface area contributed by atoms with Crippen molar-refractivity contribution in [2.45, 2.75) is 32.6 Å². The molecule has 0 saturated heterocycles. The lowest BCUT2D eigenvalue weighted by Gasteiger charge is -2.09. The van der Waals surface area contributed by atoms with Gasteiger partial charge in [0.1, 0.15) is 0 Å². The highest BCUT2D eigenvalue weighted by molar-refractivity contribution is 6.03. The summed E-state index contributed by atoms with van der Waals surface area (Å²) in [7, 11) is 0. The van der Waals surface area contributed by atoms with E-state index in [0.29, 0.717) is 13.0 Å². The fraction of sp³-hybridized carbons (Fsp3) is 0.333. The van der Waals surface area contributed by atoms with E-state index in [1.165, 1.54) is 0 Å². The molecule has 0 bridgehead atoms. The number of hydrogen-bond acceptors (Lipinski definition) is 3. The van der Waals surface area contributed by atoms with Crippen LogP contribution in [0.5, 0.6) is 0 Å². The van der Waals surface area contributed by atoms with Crippen molar-refractivity contribution in [1.29, 1.82) is 0 Å². The molecule has 3 rings (SSSR count). The molecule has 1 aliphatic rings. The minimum atomic E-state index is -0.218. The van der Waals surface area contributed by atoms with Crippen molar-refractivity contribution >= 4 is 28.7 Å². The van der Waals surface area contributed by atoms with Gasteiger partial charge in [-0.15, -0.1) is 0 Å². The normalized spacial score (nSPS) is 14.5. The SMILES string of the molecule is CCOC(=O)CC=Cc1ccc2[nH]c3c(c2c1)CCCC3=O. The number of fused-ring (bicyclic) bond motifs is 3. The Morgan fingerprint density at radius 3 is 3.05 bits per heavy atom. The van der Waals surface area contributed by atoms with Crippen LogP contribution in [0.4, 0.5) is 0 Å². The lowest BCUT2D eigenvalue weighted by molar-refractivity contribution is -0.142. The largest absolute Gasteiger partial charge is 0.466 e. The summed E-state index contributed by atoms with van der Waals surface area (Å²) in [5, 5.41) is 1.11. The summed E-state index contributed by atoms with van der Waals surface area (Å²) in [6.07, 6.45) is 6.49. The summed E-state index contributed by atoms with van der Waals surface area (Å²) in [5.41, 5.74) is 3.93. The molecule has 0 atom stereocenters. The van der Waals surface area contributed by atoms with Gasteiger partial charge >= 0.3 is 5.97 Å². The number of Topliss-reactive ketones (excluding diaryl/α,β-unsaturated/α-hetero) is 1. The number of ether oxygens (including phenoxy) is 1. The molecule has 0 radical (unpaired) electrons. The molecule has 0 aliphatic heterocycles. The molecule has 0 saturated carbocycles. The number of benzene rings is 1. The Hall–Kier alpha value is -2.36. The first-order valence-corrected chi connectivity index (χ1v) is 7.69.